The number of fused-ring (bicyclic) bond motifs is 1. The van der Waals surface area contributed by atoms with Gasteiger partial charge in [-0.3, -0.25) is 0 Å². The van der Waals surface area contributed by atoms with Crippen molar-refractivity contribution < 1.29 is 8.42 Å². The Morgan fingerprint density at radius 2 is 1.91 bits per heavy atom. The van der Waals surface area contributed by atoms with E-state index in [1.807, 2.05) is 6.07 Å². The topological polar surface area (TPSA) is 72.0 Å². The second-order valence-electron chi connectivity index (χ2n) is 4.75. The maximum atomic E-state index is 12.6. The van der Waals surface area contributed by atoms with Crippen LogP contribution in [0.2, 0.25) is 5.02 Å². The highest BCUT2D eigenvalue weighted by Gasteiger charge is 2.23. The first kappa shape index (κ1) is 15.4. The van der Waals surface area contributed by atoms with E-state index in [0.29, 0.717) is 16.1 Å². The van der Waals surface area contributed by atoms with Crippen molar-refractivity contribution in [2.45, 2.75) is 17.9 Å². The van der Waals surface area contributed by atoms with Crippen LogP contribution in [0.1, 0.15) is 18.5 Å². The molecule has 0 bridgehead atoms. The molecule has 0 aliphatic heterocycles. The fraction of sp³-hybridized carbons (Fsp3) is 0.143. The van der Waals surface area contributed by atoms with Gasteiger partial charge in [-0.25, -0.2) is 13.1 Å². The summed E-state index contributed by atoms with van der Waals surface area (Å²) in [7, 11) is -3.73. The number of aromatic nitrogens is 2. The first-order valence-corrected chi connectivity index (χ1v) is 9.06. The monoisotopic (exact) mass is 353 g/mol. The van der Waals surface area contributed by atoms with Gasteiger partial charge in [-0.1, -0.05) is 35.9 Å². The zero-order valence-electron chi connectivity index (χ0n) is 11.5. The van der Waals surface area contributed by atoms with Crippen molar-refractivity contribution in [3.05, 3.63) is 53.1 Å². The third kappa shape index (κ3) is 2.85. The van der Waals surface area contributed by atoms with E-state index in [1.54, 1.807) is 37.3 Å². The lowest BCUT2D eigenvalue weighted by molar-refractivity contribution is 0.568. The average Bonchev–Trinajstić information content (AvgIpc) is 2.95. The minimum absolute atomic E-state index is 0.123. The molecular formula is C14H12ClN3O2S2. The Kier molecular flexibility index (Phi) is 4.14. The summed E-state index contributed by atoms with van der Waals surface area (Å²) in [6, 6.07) is 11.6. The smallest absolute Gasteiger partial charge is 0.207 e. The summed E-state index contributed by atoms with van der Waals surface area (Å²) >= 11 is 7.10. The Labute approximate surface area is 137 Å². The number of nitrogens with one attached hydrogen (secondary N) is 1. The molecule has 5 nitrogen and oxygen atoms in total. The number of sulfonamides is 1. The molecule has 0 aliphatic rings. The van der Waals surface area contributed by atoms with Crippen LogP contribution in [0.4, 0.5) is 0 Å². The number of nitrogens with zero attached hydrogens (tertiary/aromatic N) is 2. The van der Waals surface area contributed by atoms with Crippen molar-refractivity contribution >= 4 is 44.4 Å². The molecule has 114 valence electrons. The molecule has 1 atom stereocenters. The highest BCUT2D eigenvalue weighted by Crippen LogP contribution is 2.26. The van der Waals surface area contributed by atoms with E-state index in [9.17, 15) is 8.42 Å². The summed E-state index contributed by atoms with van der Waals surface area (Å²) in [4.78, 5) is 0.123. The number of benzene rings is 2. The maximum absolute atomic E-state index is 12.6. The molecule has 8 heteroatoms. The van der Waals surface area contributed by atoms with E-state index in [0.717, 1.165) is 17.3 Å². The van der Waals surface area contributed by atoms with Crippen LogP contribution in [-0.4, -0.2) is 17.2 Å². The van der Waals surface area contributed by atoms with Crippen LogP contribution in [-0.2, 0) is 10.0 Å². The highest BCUT2D eigenvalue weighted by molar-refractivity contribution is 7.89. The normalized spacial score (nSPS) is 13.4. The predicted molar refractivity (Wildman–Crippen MR) is 87.6 cm³/mol. The van der Waals surface area contributed by atoms with E-state index in [4.69, 9.17) is 11.6 Å². The molecule has 1 N–H and O–H groups in total. The van der Waals surface area contributed by atoms with Crippen LogP contribution in [0.15, 0.2) is 47.4 Å². The standard InChI is InChI=1S/C14H12ClN3O2S2/c1-9(10-5-2-3-6-11(10)15)18-22(19,20)13-8-4-7-12-14(13)17-21-16-12/h2-9,18H,1H3. The summed E-state index contributed by atoms with van der Waals surface area (Å²) in [6.07, 6.45) is 0. The minimum Gasteiger partial charge on any atom is -0.207 e. The van der Waals surface area contributed by atoms with Crippen molar-refractivity contribution in [2.24, 2.45) is 0 Å². The van der Waals surface area contributed by atoms with Gasteiger partial charge in [0.1, 0.15) is 15.9 Å². The molecule has 0 fully saturated rings. The van der Waals surface area contributed by atoms with Crippen LogP contribution in [0.5, 0.6) is 0 Å². The zero-order valence-corrected chi connectivity index (χ0v) is 13.9. The Hall–Kier alpha value is -1.54. The van der Waals surface area contributed by atoms with Crippen LogP contribution < -0.4 is 4.72 Å². The van der Waals surface area contributed by atoms with Gasteiger partial charge < -0.3 is 0 Å². The second kappa shape index (κ2) is 5.92. The van der Waals surface area contributed by atoms with Gasteiger partial charge in [0.2, 0.25) is 10.0 Å². The SMILES string of the molecule is CC(NS(=O)(=O)c1cccc2nsnc12)c1ccccc1Cl. The molecule has 3 aromatic rings. The van der Waals surface area contributed by atoms with Gasteiger partial charge in [-0.05, 0) is 30.7 Å². The molecule has 0 aliphatic carbocycles. The van der Waals surface area contributed by atoms with Crippen LogP contribution in [0.25, 0.3) is 11.0 Å². The fourth-order valence-corrected chi connectivity index (χ4v) is 4.47. The molecular weight excluding hydrogens is 342 g/mol. The third-order valence-electron chi connectivity index (χ3n) is 3.24. The molecule has 1 heterocycles. The summed E-state index contributed by atoms with van der Waals surface area (Å²) < 4.78 is 36.0. The first-order valence-electron chi connectivity index (χ1n) is 6.47. The van der Waals surface area contributed by atoms with Gasteiger partial charge in [0, 0.05) is 11.1 Å². The molecule has 1 aromatic heterocycles. The summed E-state index contributed by atoms with van der Waals surface area (Å²) in [5.41, 5.74) is 1.67. The van der Waals surface area contributed by atoms with E-state index in [1.165, 1.54) is 6.07 Å². The van der Waals surface area contributed by atoms with Crippen LogP contribution in [0.3, 0.4) is 0 Å². The van der Waals surface area contributed by atoms with Gasteiger partial charge >= 0.3 is 0 Å². The third-order valence-corrected chi connectivity index (χ3v) is 5.70. The van der Waals surface area contributed by atoms with Gasteiger partial charge in [0.05, 0.1) is 11.7 Å². The van der Waals surface area contributed by atoms with Gasteiger partial charge in [0.15, 0.2) is 0 Å². The van der Waals surface area contributed by atoms with Crippen molar-refractivity contribution in [2.75, 3.05) is 0 Å². The minimum atomic E-state index is -3.73. The van der Waals surface area contributed by atoms with E-state index >= 15 is 0 Å². The summed E-state index contributed by atoms with van der Waals surface area (Å²) in [5, 5.41) is 0.520. The van der Waals surface area contributed by atoms with Crippen LogP contribution in [0, 0.1) is 0 Å². The lowest BCUT2D eigenvalue weighted by Crippen LogP contribution is -2.27. The number of hydrogen-bond acceptors (Lipinski definition) is 5. The van der Waals surface area contributed by atoms with Crippen molar-refractivity contribution in [1.82, 2.24) is 13.5 Å². The van der Waals surface area contributed by atoms with Crippen molar-refractivity contribution in [3.63, 3.8) is 0 Å². The van der Waals surface area contributed by atoms with Crippen molar-refractivity contribution in [1.29, 1.82) is 0 Å². The van der Waals surface area contributed by atoms with Crippen molar-refractivity contribution in [3.8, 4) is 0 Å². The first-order chi connectivity index (χ1) is 10.5. The number of halogens is 1. The molecule has 22 heavy (non-hydrogen) atoms. The molecule has 0 radical (unpaired) electrons. The fourth-order valence-electron chi connectivity index (χ4n) is 2.18. The summed E-state index contributed by atoms with van der Waals surface area (Å²) in [5.74, 6) is 0. The Balaban J connectivity index is 1.97. The maximum Gasteiger partial charge on any atom is 0.243 e. The quantitative estimate of drug-likeness (QED) is 0.780. The van der Waals surface area contributed by atoms with Gasteiger partial charge in [-0.2, -0.15) is 8.75 Å². The Bertz CT molecular complexity index is 924. The summed E-state index contributed by atoms with van der Waals surface area (Å²) in [6.45, 7) is 1.75. The largest absolute Gasteiger partial charge is 0.243 e. The lowest BCUT2D eigenvalue weighted by Gasteiger charge is -2.16. The molecule has 2 aromatic carbocycles. The Morgan fingerprint density at radius 3 is 2.68 bits per heavy atom. The number of hydrogen-bond donors (Lipinski definition) is 1. The number of rotatable bonds is 4. The van der Waals surface area contributed by atoms with E-state index in [2.05, 4.69) is 13.5 Å². The van der Waals surface area contributed by atoms with Gasteiger partial charge in [-0.15, -0.1) is 0 Å². The predicted octanol–water partition coefficient (Wildman–Crippen LogP) is 3.38. The lowest BCUT2D eigenvalue weighted by atomic mass is 10.1. The molecule has 0 amide bonds. The highest BCUT2D eigenvalue weighted by atomic mass is 35.5. The molecule has 1 unspecified atom stereocenters. The van der Waals surface area contributed by atoms with E-state index < -0.39 is 16.1 Å². The van der Waals surface area contributed by atoms with E-state index in [-0.39, 0.29) is 4.90 Å². The molecule has 0 saturated heterocycles. The molecule has 0 saturated carbocycles. The van der Waals surface area contributed by atoms with Gasteiger partial charge in [0.25, 0.3) is 0 Å². The average molecular weight is 354 g/mol. The molecule has 0 spiro atoms. The Morgan fingerprint density at radius 1 is 1.14 bits per heavy atom. The second-order valence-corrected chi connectivity index (χ2v) is 7.37. The zero-order chi connectivity index (χ0) is 15.7. The van der Waals surface area contributed by atoms with Crippen LogP contribution >= 0.6 is 23.3 Å². The molecule has 3 rings (SSSR count).